The average molecular weight is 526 g/mol. The van der Waals surface area contributed by atoms with Crippen LogP contribution in [0.3, 0.4) is 0 Å². The molecular weight excluding hydrogens is 485 g/mol. The average Bonchev–Trinajstić information content (AvgIpc) is 2.86. The van der Waals surface area contributed by atoms with Crippen LogP contribution in [0.5, 0.6) is 0 Å². The topological polar surface area (TPSA) is 140 Å². The summed E-state index contributed by atoms with van der Waals surface area (Å²) in [5.74, 6) is -1.68. The van der Waals surface area contributed by atoms with E-state index in [0.717, 1.165) is 11.1 Å². The summed E-state index contributed by atoms with van der Waals surface area (Å²) in [7, 11) is -1.54. The summed E-state index contributed by atoms with van der Waals surface area (Å²) in [5.41, 5.74) is 1.69. The maximum Gasteiger partial charge on any atom is 0.714 e. The molecule has 10 heteroatoms. The molecule has 2 aromatic carbocycles. The Morgan fingerprint density at radius 3 is 1.76 bits per heavy atom. The Kier molecular flexibility index (Phi) is 12.8. The van der Waals surface area contributed by atoms with Crippen LogP contribution in [0, 0.1) is 11.8 Å². The van der Waals surface area contributed by atoms with Gasteiger partial charge < -0.3 is 30.7 Å². The molecule has 0 fully saturated rings. The van der Waals surface area contributed by atoms with Gasteiger partial charge in [0.15, 0.2) is 0 Å². The molecule has 0 aliphatic rings. The molecule has 0 heterocycles. The van der Waals surface area contributed by atoms with E-state index in [-0.39, 0.29) is 24.9 Å². The summed E-state index contributed by atoms with van der Waals surface area (Å²) >= 11 is 0. The van der Waals surface area contributed by atoms with E-state index in [0.29, 0.717) is 12.8 Å². The van der Waals surface area contributed by atoms with E-state index in [2.05, 4.69) is 16.0 Å². The van der Waals surface area contributed by atoms with Gasteiger partial charge in [-0.15, -0.1) is 0 Å². The van der Waals surface area contributed by atoms with Crippen molar-refractivity contribution in [3.63, 3.8) is 0 Å². The Hall–Kier alpha value is -3.37. The molecule has 38 heavy (non-hydrogen) atoms. The molecule has 0 bridgehead atoms. The van der Waals surface area contributed by atoms with Gasteiger partial charge in [0.05, 0.1) is 0 Å². The summed E-state index contributed by atoms with van der Waals surface area (Å²) in [4.78, 5) is 38.9. The van der Waals surface area contributed by atoms with Crippen LogP contribution < -0.4 is 16.0 Å². The van der Waals surface area contributed by atoms with E-state index < -0.39 is 43.1 Å². The Morgan fingerprint density at radius 2 is 1.26 bits per heavy atom. The van der Waals surface area contributed by atoms with Crippen LogP contribution in [-0.4, -0.2) is 53.1 Å². The van der Waals surface area contributed by atoms with Gasteiger partial charge in [-0.2, -0.15) is 0 Å². The zero-order chi connectivity index (χ0) is 28.1. The van der Waals surface area contributed by atoms with E-state index >= 15 is 0 Å². The van der Waals surface area contributed by atoms with Crippen molar-refractivity contribution in [3.05, 3.63) is 71.8 Å². The van der Waals surface area contributed by atoms with Crippen molar-refractivity contribution in [1.82, 2.24) is 16.0 Å². The standard InChI is InChI=1S/C28H40BN3O6/c1-19(2)15-23(27(34)32-25(29(36)37)17-21-11-7-5-8-12-21)30-26(33)24(16-20(3)4)31-28(35)38-18-22-13-9-6-10-14-22/h5-14,19-20,23-25,36-37H,15-18H2,1-4H3,(H,30,33)(H,31,35)(H,32,34)/p+1. The zero-order valence-corrected chi connectivity index (χ0v) is 22.6. The van der Waals surface area contributed by atoms with Crippen LogP contribution in [-0.2, 0) is 27.4 Å². The van der Waals surface area contributed by atoms with Gasteiger partial charge in [0.1, 0.15) is 24.6 Å². The van der Waals surface area contributed by atoms with E-state index in [1.165, 1.54) is 0 Å². The van der Waals surface area contributed by atoms with Gasteiger partial charge in [0.25, 0.3) is 0 Å². The number of alkyl carbamates (subject to hydrolysis) is 1. The predicted octanol–water partition coefficient (Wildman–Crippen LogP) is 2.33. The summed E-state index contributed by atoms with van der Waals surface area (Å²) < 4.78 is 5.28. The molecule has 3 atom stereocenters. The molecule has 0 aliphatic heterocycles. The number of carbonyl (C=O) groups excluding carboxylic acids is 3. The second kappa shape index (κ2) is 15.8. The van der Waals surface area contributed by atoms with E-state index in [4.69, 9.17) is 9.76 Å². The summed E-state index contributed by atoms with van der Waals surface area (Å²) in [6.45, 7) is 7.79. The van der Waals surface area contributed by atoms with Crippen LogP contribution in [0.25, 0.3) is 0 Å². The van der Waals surface area contributed by atoms with Crippen LogP contribution in [0.4, 0.5) is 4.79 Å². The third-order valence-electron chi connectivity index (χ3n) is 5.88. The smallest absolute Gasteiger partial charge is 0.525 e. The lowest BCUT2D eigenvalue weighted by Gasteiger charge is -2.26. The SMILES string of the molecule is CC(C)CC(NC(=O)OCc1ccccc1)C(=O)NC(CC(C)C)C(=O)NC(Cc1ccccc1)B(O)[OH2+]. The normalized spacial score (nSPS) is 13.4. The molecule has 0 saturated carbocycles. The number of nitrogens with one attached hydrogen (secondary N) is 3. The van der Waals surface area contributed by atoms with Gasteiger partial charge in [0, 0.05) is 0 Å². The fraction of sp³-hybridized carbons (Fsp3) is 0.464. The van der Waals surface area contributed by atoms with Crippen molar-refractivity contribution in [2.75, 3.05) is 0 Å². The number of rotatable bonds is 14. The first-order valence-corrected chi connectivity index (χ1v) is 13.1. The molecule has 0 saturated heterocycles. The molecule has 9 nitrogen and oxygen atoms in total. The van der Waals surface area contributed by atoms with E-state index in [9.17, 15) is 19.4 Å². The summed E-state index contributed by atoms with van der Waals surface area (Å²) in [5, 5.41) is 25.9. The Balaban J connectivity index is 2.07. The Labute approximate surface area is 225 Å². The van der Waals surface area contributed by atoms with Crippen molar-refractivity contribution < 1.29 is 29.2 Å². The minimum absolute atomic E-state index is 0.0688. The minimum Gasteiger partial charge on any atom is -0.525 e. The maximum absolute atomic E-state index is 13.2. The minimum atomic E-state index is -1.54. The molecule has 2 rings (SSSR count). The molecule has 0 aliphatic carbocycles. The monoisotopic (exact) mass is 526 g/mol. The van der Waals surface area contributed by atoms with Gasteiger partial charge >= 0.3 is 13.2 Å². The highest BCUT2D eigenvalue weighted by atomic mass is 16.5. The molecule has 6 N–H and O–H groups in total. The number of amides is 3. The van der Waals surface area contributed by atoms with Gasteiger partial charge in [-0.3, -0.25) is 9.59 Å². The van der Waals surface area contributed by atoms with Crippen LogP contribution in [0.15, 0.2) is 60.7 Å². The lowest BCUT2D eigenvalue weighted by Crippen LogP contribution is -2.57. The van der Waals surface area contributed by atoms with E-state index in [1.807, 2.05) is 88.4 Å². The second-order valence-corrected chi connectivity index (χ2v) is 10.3. The lowest BCUT2D eigenvalue weighted by molar-refractivity contribution is -0.130. The first-order chi connectivity index (χ1) is 18.0. The van der Waals surface area contributed by atoms with Gasteiger partial charge in [-0.05, 0) is 42.2 Å². The lowest BCUT2D eigenvalue weighted by atomic mass is 9.75. The van der Waals surface area contributed by atoms with Gasteiger partial charge in [-0.25, -0.2) is 4.79 Å². The Morgan fingerprint density at radius 1 is 0.789 bits per heavy atom. The zero-order valence-electron chi connectivity index (χ0n) is 22.6. The second-order valence-electron chi connectivity index (χ2n) is 10.3. The van der Waals surface area contributed by atoms with Crippen molar-refractivity contribution >= 4 is 25.0 Å². The third-order valence-corrected chi connectivity index (χ3v) is 5.88. The number of hydrogen-bond donors (Lipinski definition) is 4. The van der Waals surface area contributed by atoms with E-state index in [1.54, 1.807) is 0 Å². The number of hydrogen-bond acceptors (Lipinski definition) is 5. The molecular formula is C28H41BN3O6+. The quantitative estimate of drug-likeness (QED) is 0.221. The van der Waals surface area contributed by atoms with Crippen LogP contribution in [0.1, 0.15) is 51.7 Å². The molecule has 3 amide bonds. The highest BCUT2D eigenvalue weighted by molar-refractivity contribution is 6.43. The molecule has 206 valence electrons. The summed E-state index contributed by atoms with van der Waals surface area (Å²) in [6, 6.07) is 16.7. The van der Waals surface area contributed by atoms with Crippen molar-refractivity contribution in [2.24, 2.45) is 11.8 Å². The van der Waals surface area contributed by atoms with Gasteiger partial charge in [-0.1, -0.05) is 88.4 Å². The summed E-state index contributed by atoms with van der Waals surface area (Å²) in [6.07, 6.45) is 0.241. The Bertz CT molecular complexity index is 1000. The number of ether oxygens (including phenoxy) is 1. The van der Waals surface area contributed by atoms with Crippen LogP contribution >= 0.6 is 0 Å². The maximum atomic E-state index is 13.2. The van der Waals surface area contributed by atoms with Gasteiger partial charge in [0.2, 0.25) is 11.8 Å². The third kappa shape index (κ3) is 11.4. The highest BCUT2D eigenvalue weighted by Crippen LogP contribution is 2.11. The molecule has 2 aromatic rings. The fourth-order valence-electron chi connectivity index (χ4n) is 3.98. The predicted molar refractivity (Wildman–Crippen MR) is 148 cm³/mol. The van der Waals surface area contributed by atoms with Crippen molar-refractivity contribution in [1.29, 1.82) is 0 Å². The molecule has 0 spiro atoms. The van der Waals surface area contributed by atoms with Crippen LogP contribution in [0.2, 0.25) is 0 Å². The highest BCUT2D eigenvalue weighted by Gasteiger charge is 2.37. The molecule has 3 unspecified atom stereocenters. The molecule has 0 radical (unpaired) electrons. The largest absolute Gasteiger partial charge is 0.714 e. The number of carbonyl (C=O) groups is 3. The fourth-order valence-corrected chi connectivity index (χ4v) is 3.98. The van der Waals surface area contributed by atoms with Crippen molar-refractivity contribution in [2.45, 2.75) is 71.6 Å². The first-order valence-electron chi connectivity index (χ1n) is 13.1. The molecule has 0 aromatic heterocycles. The van der Waals surface area contributed by atoms with Crippen molar-refractivity contribution in [3.8, 4) is 0 Å². The first kappa shape index (κ1) is 30.9. The number of benzene rings is 2.